The van der Waals surface area contributed by atoms with Crippen LogP contribution in [0, 0.1) is 26.2 Å². The molecule has 0 fully saturated rings. The number of ether oxygens (including phenoxy) is 2. The van der Waals surface area contributed by atoms with Crippen LogP contribution in [0.2, 0.25) is 0 Å². The number of methoxy groups -OCH3 is 1. The Hall–Kier alpha value is -2.60. The lowest BCUT2D eigenvalue weighted by atomic mass is 10.1. The number of benzene rings is 2. The fourth-order valence-electron chi connectivity index (χ4n) is 2.12. The van der Waals surface area contributed by atoms with Gasteiger partial charge in [-0.15, -0.1) is 6.42 Å². The Bertz CT molecular complexity index is 686. The molecule has 0 bridgehead atoms. The largest absolute Gasteiger partial charge is 0.493 e. The van der Waals surface area contributed by atoms with Crippen LogP contribution in [-0.2, 0) is 6.54 Å². The standard InChI is InChI=1S/C19H21NO2/c1-5-10-22-18-9-7-16(12-19(18)21-4)13-20-17-8-6-14(2)15(3)11-17/h1,6-9,11-12,20H,10,13H2,2-4H3. The van der Waals surface area contributed by atoms with Crippen molar-refractivity contribution in [1.82, 2.24) is 0 Å². The number of hydrogen-bond donors (Lipinski definition) is 1. The Morgan fingerprint density at radius 2 is 1.86 bits per heavy atom. The molecule has 3 heteroatoms. The average Bonchev–Trinajstić information content (AvgIpc) is 2.54. The molecule has 0 aromatic heterocycles. The van der Waals surface area contributed by atoms with Gasteiger partial charge in [0.2, 0.25) is 0 Å². The van der Waals surface area contributed by atoms with Crippen molar-refractivity contribution in [3.8, 4) is 23.8 Å². The summed E-state index contributed by atoms with van der Waals surface area (Å²) >= 11 is 0. The normalized spacial score (nSPS) is 9.91. The van der Waals surface area contributed by atoms with Gasteiger partial charge in [-0.05, 0) is 54.8 Å². The molecule has 114 valence electrons. The maximum absolute atomic E-state index is 5.44. The first kappa shape index (κ1) is 15.8. The van der Waals surface area contributed by atoms with E-state index >= 15 is 0 Å². The van der Waals surface area contributed by atoms with Gasteiger partial charge in [0.05, 0.1) is 7.11 Å². The van der Waals surface area contributed by atoms with Gasteiger partial charge in [0.15, 0.2) is 11.5 Å². The second kappa shape index (κ2) is 7.42. The van der Waals surface area contributed by atoms with Crippen LogP contribution in [0.25, 0.3) is 0 Å². The van der Waals surface area contributed by atoms with E-state index in [9.17, 15) is 0 Å². The fraction of sp³-hybridized carbons (Fsp3) is 0.263. The molecule has 0 unspecified atom stereocenters. The van der Waals surface area contributed by atoms with Crippen molar-refractivity contribution in [1.29, 1.82) is 0 Å². The number of hydrogen-bond acceptors (Lipinski definition) is 3. The molecule has 0 aliphatic carbocycles. The molecule has 0 aliphatic rings. The average molecular weight is 295 g/mol. The zero-order chi connectivity index (χ0) is 15.9. The molecule has 2 rings (SSSR count). The highest BCUT2D eigenvalue weighted by molar-refractivity contribution is 5.49. The minimum atomic E-state index is 0.233. The zero-order valence-electron chi connectivity index (χ0n) is 13.3. The molecule has 2 aromatic rings. The first-order valence-corrected chi connectivity index (χ1v) is 7.18. The highest BCUT2D eigenvalue weighted by Crippen LogP contribution is 2.28. The van der Waals surface area contributed by atoms with Crippen LogP contribution in [0.15, 0.2) is 36.4 Å². The van der Waals surface area contributed by atoms with Gasteiger partial charge in [0.1, 0.15) is 6.61 Å². The Balaban J connectivity index is 2.06. The minimum absolute atomic E-state index is 0.233. The molecule has 0 radical (unpaired) electrons. The quantitative estimate of drug-likeness (QED) is 0.819. The molecule has 0 aliphatic heterocycles. The molecule has 0 saturated heterocycles. The first-order chi connectivity index (χ1) is 10.6. The predicted octanol–water partition coefficient (Wildman–Crippen LogP) is 3.94. The summed E-state index contributed by atoms with van der Waals surface area (Å²) in [4.78, 5) is 0. The lowest BCUT2D eigenvalue weighted by Crippen LogP contribution is -2.02. The number of terminal acetylenes is 1. The summed E-state index contributed by atoms with van der Waals surface area (Å²) in [6.07, 6.45) is 5.21. The van der Waals surface area contributed by atoms with Gasteiger partial charge in [-0.25, -0.2) is 0 Å². The summed E-state index contributed by atoms with van der Waals surface area (Å²) in [6.45, 7) is 5.17. The zero-order valence-corrected chi connectivity index (χ0v) is 13.3. The first-order valence-electron chi connectivity index (χ1n) is 7.18. The molecule has 2 aromatic carbocycles. The predicted molar refractivity (Wildman–Crippen MR) is 90.6 cm³/mol. The summed E-state index contributed by atoms with van der Waals surface area (Å²) < 4.78 is 10.8. The van der Waals surface area contributed by atoms with Crippen LogP contribution in [0.3, 0.4) is 0 Å². The number of nitrogens with one attached hydrogen (secondary N) is 1. The smallest absolute Gasteiger partial charge is 0.162 e. The number of anilines is 1. The van der Waals surface area contributed by atoms with Crippen molar-refractivity contribution < 1.29 is 9.47 Å². The third-order valence-electron chi connectivity index (χ3n) is 3.54. The van der Waals surface area contributed by atoms with Crippen molar-refractivity contribution in [2.45, 2.75) is 20.4 Å². The van der Waals surface area contributed by atoms with E-state index in [1.54, 1.807) is 7.11 Å². The molecule has 22 heavy (non-hydrogen) atoms. The highest BCUT2D eigenvalue weighted by atomic mass is 16.5. The molecule has 0 atom stereocenters. The van der Waals surface area contributed by atoms with Crippen LogP contribution >= 0.6 is 0 Å². The van der Waals surface area contributed by atoms with E-state index in [1.165, 1.54) is 11.1 Å². The fourth-order valence-corrected chi connectivity index (χ4v) is 2.12. The van der Waals surface area contributed by atoms with Gasteiger partial charge in [0.25, 0.3) is 0 Å². The monoisotopic (exact) mass is 295 g/mol. The van der Waals surface area contributed by atoms with Gasteiger partial charge < -0.3 is 14.8 Å². The van der Waals surface area contributed by atoms with Crippen molar-refractivity contribution in [2.24, 2.45) is 0 Å². The molecule has 0 spiro atoms. The molecular formula is C19H21NO2. The van der Waals surface area contributed by atoms with Crippen LogP contribution in [0.5, 0.6) is 11.5 Å². The van der Waals surface area contributed by atoms with E-state index in [-0.39, 0.29) is 6.61 Å². The lowest BCUT2D eigenvalue weighted by Gasteiger charge is -2.12. The van der Waals surface area contributed by atoms with Gasteiger partial charge in [-0.3, -0.25) is 0 Å². The van der Waals surface area contributed by atoms with Gasteiger partial charge >= 0.3 is 0 Å². The maximum atomic E-state index is 5.44. The van der Waals surface area contributed by atoms with Crippen LogP contribution in [0.1, 0.15) is 16.7 Å². The molecule has 0 amide bonds. The summed E-state index contributed by atoms with van der Waals surface area (Å²) in [5.41, 5.74) is 4.79. The highest BCUT2D eigenvalue weighted by Gasteiger charge is 2.05. The number of rotatable bonds is 6. The van der Waals surface area contributed by atoms with Crippen molar-refractivity contribution in [3.63, 3.8) is 0 Å². The molecule has 0 saturated carbocycles. The summed E-state index contributed by atoms with van der Waals surface area (Å²) in [5, 5.41) is 3.41. The molecule has 3 nitrogen and oxygen atoms in total. The van der Waals surface area contributed by atoms with Crippen LogP contribution in [-0.4, -0.2) is 13.7 Å². The second-order valence-corrected chi connectivity index (χ2v) is 5.13. The van der Waals surface area contributed by atoms with Crippen molar-refractivity contribution in [2.75, 3.05) is 19.0 Å². The second-order valence-electron chi connectivity index (χ2n) is 5.13. The molecule has 0 heterocycles. The maximum Gasteiger partial charge on any atom is 0.162 e. The summed E-state index contributed by atoms with van der Waals surface area (Å²) in [5.74, 6) is 3.80. The minimum Gasteiger partial charge on any atom is -0.493 e. The van der Waals surface area contributed by atoms with E-state index in [1.807, 2.05) is 18.2 Å². The lowest BCUT2D eigenvalue weighted by molar-refractivity contribution is 0.330. The van der Waals surface area contributed by atoms with Crippen LogP contribution < -0.4 is 14.8 Å². The third-order valence-corrected chi connectivity index (χ3v) is 3.54. The van der Waals surface area contributed by atoms with E-state index < -0.39 is 0 Å². The van der Waals surface area contributed by atoms with Gasteiger partial charge in [-0.2, -0.15) is 0 Å². The third kappa shape index (κ3) is 3.95. The molecule has 1 N–H and O–H groups in total. The SMILES string of the molecule is C#CCOc1ccc(CNc2ccc(C)c(C)c2)cc1OC. The number of aryl methyl sites for hydroxylation is 2. The van der Waals surface area contributed by atoms with Gasteiger partial charge in [-0.1, -0.05) is 18.1 Å². The van der Waals surface area contributed by atoms with E-state index in [4.69, 9.17) is 15.9 Å². The van der Waals surface area contributed by atoms with Crippen molar-refractivity contribution in [3.05, 3.63) is 53.1 Å². The Morgan fingerprint density at radius 1 is 1.05 bits per heavy atom. The Kier molecular flexibility index (Phi) is 5.32. The van der Waals surface area contributed by atoms with Crippen molar-refractivity contribution >= 4 is 5.69 Å². The van der Waals surface area contributed by atoms with E-state index in [0.717, 1.165) is 11.3 Å². The van der Waals surface area contributed by atoms with Gasteiger partial charge in [0, 0.05) is 12.2 Å². The van der Waals surface area contributed by atoms with E-state index in [0.29, 0.717) is 18.0 Å². The van der Waals surface area contributed by atoms with E-state index in [2.05, 4.69) is 43.3 Å². The summed E-state index contributed by atoms with van der Waals surface area (Å²) in [6, 6.07) is 12.2. The Labute approximate surface area is 132 Å². The molecular weight excluding hydrogens is 274 g/mol. The topological polar surface area (TPSA) is 30.5 Å². The summed E-state index contributed by atoms with van der Waals surface area (Å²) in [7, 11) is 1.62. The Morgan fingerprint density at radius 3 is 2.55 bits per heavy atom. The van der Waals surface area contributed by atoms with Crippen LogP contribution in [0.4, 0.5) is 5.69 Å².